The SMILES string of the molecule is O=C(NCCOc1ccc2ccccc2c1)c1cccc(OCc2ccccc2)c1. The molecule has 0 spiro atoms. The summed E-state index contributed by atoms with van der Waals surface area (Å²) in [5, 5.41) is 5.19. The molecule has 0 saturated carbocycles. The number of hydrogen-bond acceptors (Lipinski definition) is 3. The van der Waals surface area contributed by atoms with Gasteiger partial charge in [-0.25, -0.2) is 0 Å². The maximum atomic E-state index is 12.4. The average molecular weight is 397 g/mol. The molecule has 4 nitrogen and oxygen atoms in total. The highest BCUT2D eigenvalue weighted by molar-refractivity contribution is 5.94. The molecule has 0 aliphatic heterocycles. The van der Waals surface area contributed by atoms with Gasteiger partial charge in [-0.2, -0.15) is 0 Å². The predicted octanol–water partition coefficient (Wildman–Crippen LogP) is 5.23. The third-order valence-electron chi connectivity index (χ3n) is 4.72. The summed E-state index contributed by atoms with van der Waals surface area (Å²) in [6, 6.07) is 31.2. The number of carbonyl (C=O) groups is 1. The normalized spacial score (nSPS) is 10.5. The van der Waals surface area contributed by atoms with Crippen LogP contribution in [0, 0.1) is 0 Å². The van der Waals surface area contributed by atoms with E-state index in [4.69, 9.17) is 9.47 Å². The Labute approximate surface area is 176 Å². The summed E-state index contributed by atoms with van der Waals surface area (Å²) in [6.07, 6.45) is 0. The van der Waals surface area contributed by atoms with Crippen molar-refractivity contribution in [1.29, 1.82) is 0 Å². The Kier molecular flexibility index (Phi) is 6.25. The van der Waals surface area contributed by atoms with Crippen LogP contribution in [-0.2, 0) is 6.61 Å². The molecule has 4 rings (SSSR count). The number of benzene rings is 4. The summed E-state index contributed by atoms with van der Waals surface area (Å²) >= 11 is 0. The van der Waals surface area contributed by atoms with Crippen molar-refractivity contribution in [3.05, 3.63) is 108 Å². The van der Waals surface area contributed by atoms with Crippen molar-refractivity contribution in [2.45, 2.75) is 6.61 Å². The lowest BCUT2D eigenvalue weighted by Gasteiger charge is -2.10. The first-order valence-corrected chi connectivity index (χ1v) is 9.94. The minimum Gasteiger partial charge on any atom is -0.492 e. The molecule has 150 valence electrons. The van der Waals surface area contributed by atoms with Crippen LogP contribution in [0.3, 0.4) is 0 Å². The van der Waals surface area contributed by atoms with E-state index in [0.29, 0.717) is 31.1 Å². The second-order valence-electron chi connectivity index (χ2n) is 6.92. The first-order chi connectivity index (χ1) is 14.8. The van der Waals surface area contributed by atoms with Crippen molar-refractivity contribution in [3.8, 4) is 11.5 Å². The average Bonchev–Trinajstić information content (AvgIpc) is 2.81. The molecule has 0 saturated heterocycles. The molecule has 0 atom stereocenters. The molecule has 1 amide bonds. The first kappa shape index (κ1) is 19.5. The largest absolute Gasteiger partial charge is 0.492 e. The maximum absolute atomic E-state index is 12.4. The number of hydrogen-bond donors (Lipinski definition) is 1. The fourth-order valence-corrected chi connectivity index (χ4v) is 3.16. The molecular formula is C26H23NO3. The smallest absolute Gasteiger partial charge is 0.251 e. The molecule has 4 aromatic rings. The van der Waals surface area contributed by atoms with E-state index in [1.54, 1.807) is 12.1 Å². The lowest BCUT2D eigenvalue weighted by atomic mass is 10.1. The van der Waals surface area contributed by atoms with Gasteiger partial charge in [-0.15, -0.1) is 0 Å². The molecule has 30 heavy (non-hydrogen) atoms. The third-order valence-corrected chi connectivity index (χ3v) is 4.72. The molecule has 4 heteroatoms. The zero-order chi connectivity index (χ0) is 20.6. The summed E-state index contributed by atoms with van der Waals surface area (Å²) in [5.74, 6) is 1.31. The van der Waals surface area contributed by atoms with Crippen molar-refractivity contribution in [2.75, 3.05) is 13.2 Å². The van der Waals surface area contributed by atoms with E-state index in [-0.39, 0.29) is 5.91 Å². The Bertz CT molecular complexity index is 1130. The molecule has 0 fully saturated rings. The van der Waals surface area contributed by atoms with Gasteiger partial charge in [0.25, 0.3) is 5.91 Å². The van der Waals surface area contributed by atoms with E-state index in [1.807, 2.05) is 72.8 Å². The Morgan fingerprint density at radius 1 is 0.700 bits per heavy atom. The van der Waals surface area contributed by atoms with Gasteiger partial charge in [0, 0.05) is 5.56 Å². The molecule has 1 N–H and O–H groups in total. The molecule has 0 radical (unpaired) electrons. The van der Waals surface area contributed by atoms with Crippen LogP contribution in [-0.4, -0.2) is 19.1 Å². The first-order valence-electron chi connectivity index (χ1n) is 9.94. The van der Waals surface area contributed by atoms with E-state index >= 15 is 0 Å². The van der Waals surface area contributed by atoms with Crippen LogP contribution in [0.5, 0.6) is 11.5 Å². The van der Waals surface area contributed by atoms with Crippen molar-refractivity contribution in [3.63, 3.8) is 0 Å². The van der Waals surface area contributed by atoms with Crippen molar-refractivity contribution < 1.29 is 14.3 Å². The second kappa shape index (κ2) is 9.61. The number of nitrogens with one attached hydrogen (secondary N) is 1. The molecule has 0 unspecified atom stereocenters. The van der Waals surface area contributed by atoms with E-state index < -0.39 is 0 Å². The molecule has 0 aromatic heterocycles. The van der Waals surface area contributed by atoms with Gasteiger partial charge in [0.15, 0.2) is 0 Å². The van der Waals surface area contributed by atoms with Crippen LogP contribution in [0.2, 0.25) is 0 Å². The Balaban J connectivity index is 1.26. The molecular weight excluding hydrogens is 374 g/mol. The Hall–Kier alpha value is -3.79. The van der Waals surface area contributed by atoms with Crippen molar-refractivity contribution in [1.82, 2.24) is 5.32 Å². The molecule has 0 aliphatic rings. The van der Waals surface area contributed by atoms with Gasteiger partial charge in [0.2, 0.25) is 0 Å². The Morgan fingerprint density at radius 2 is 1.47 bits per heavy atom. The van der Waals surface area contributed by atoms with Gasteiger partial charge in [0.05, 0.1) is 6.54 Å². The lowest BCUT2D eigenvalue weighted by Crippen LogP contribution is -2.28. The second-order valence-corrected chi connectivity index (χ2v) is 6.92. The van der Waals surface area contributed by atoms with Crippen LogP contribution in [0.4, 0.5) is 0 Å². The number of amides is 1. The highest BCUT2D eigenvalue weighted by Crippen LogP contribution is 2.20. The number of fused-ring (bicyclic) bond motifs is 1. The Morgan fingerprint density at radius 3 is 2.33 bits per heavy atom. The fraction of sp³-hybridized carbons (Fsp3) is 0.115. The molecule has 0 aliphatic carbocycles. The zero-order valence-electron chi connectivity index (χ0n) is 16.6. The van der Waals surface area contributed by atoms with Gasteiger partial charge in [0.1, 0.15) is 24.7 Å². The van der Waals surface area contributed by atoms with Crippen LogP contribution in [0.15, 0.2) is 97.1 Å². The molecule has 0 bridgehead atoms. The van der Waals surface area contributed by atoms with E-state index in [2.05, 4.69) is 17.4 Å². The van der Waals surface area contributed by atoms with Crippen LogP contribution in [0.25, 0.3) is 10.8 Å². The van der Waals surface area contributed by atoms with Crippen LogP contribution < -0.4 is 14.8 Å². The van der Waals surface area contributed by atoms with Crippen LogP contribution >= 0.6 is 0 Å². The van der Waals surface area contributed by atoms with Crippen LogP contribution in [0.1, 0.15) is 15.9 Å². The van der Waals surface area contributed by atoms with Gasteiger partial charge < -0.3 is 14.8 Å². The van der Waals surface area contributed by atoms with Gasteiger partial charge in [-0.05, 0) is 46.7 Å². The lowest BCUT2D eigenvalue weighted by molar-refractivity contribution is 0.0946. The number of carbonyl (C=O) groups excluding carboxylic acids is 1. The van der Waals surface area contributed by atoms with E-state index in [0.717, 1.165) is 16.7 Å². The van der Waals surface area contributed by atoms with Crippen molar-refractivity contribution >= 4 is 16.7 Å². The standard InChI is InChI=1S/C26H23NO3/c28-26(23-11-6-12-24(18-23)30-19-20-7-2-1-3-8-20)27-15-16-29-25-14-13-21-9-4-5-10-22(21)17-25/h1-14,17-18H,15-16,19H2,(H,27,28). The maximum Gasteiger partial charge on any atom is 0.251 e. The summed E-state index contributed by atoms with van der Waals surface area (Å²) in [6.45, 7) is 1.28. The number of ether oxygens (including phenoxy) is 2. The minimum absolute atomic E-state index is 0.151. The van der Waals surface area contributed by atoms with E-state index in [9.17, 15) is 4.79 Å². The minimum atomic E-state index is -0.151. The predicted molar refractivity (Wildman–Crippen MR) is 119 cm³/mol. The summed E-state index contributed by atoms with van der Waals surface area (Å²) in [5.41, 5.74) is 1.64. The van der Waals surface area contributed by atoms with Gasteiger partial charge in [-0.3, -0.25) is 4.79 Å². The molecule has 4 aromatic carbocycles. The van der Waals surface area contributed by atoms with Crippen molar-refractivity contribution in [2.24, 2.45) is 0 Å². The third kappa shape index (κ3) is 5.17. The topological polar surface area (TPSA) is 47.6 Å². The fourth-order valence-electron chi connectivity index (χ4n) is 3.16. The molecule has 0 heterocycles. The van der Waals surface area contributed by atoms with E-state index in [1.165, 1.54) is 5.39 Å². The quantitative estimate of drug-likeness (QED) is 0.414. The van der Waals surface area contributed by atoms with Gasteiger partial charge >= 0.3 is 0 Å². The highest BCUT2D eigenvalue weighted by atomic mass is 16.5. The summed E-state index contributed by atoms with van der Waals surface area (Å²) < 4.78 is 11.6. The highest BCUT2D eigenvalue weighted by Gasteiger charge is 2.07. The monoisotopic (exact) mass is 397 g/mol. The zero-order valence-corrected chi connectivity index (χ0v) is 16.6. The summed E-state index contributed by atoms with van der Waals surface area (Å²) in [7, 11) is 0. The summed E-state index contributed by atoms with van der Waals surface area (Å²) in [4.78, 5) is 12.4. The number of rotatable bonds is 8. The van der Waals surface area contributed by atoms with Gasteiger partial charge in [-0.1, -0.05) is 66.7 Å².